The smallest absolute Gasteiger partial charge is 0.177 e. The standard InChI is InChI=1S/C18H22N4O2/c1-23-12-10-20-17-16-14(8-9-19-17)22(13-5-2-3-6-13)18(21-16)15-7-4-11-24-15/h4,7-9,11,13H,2-3,5-6,10,12H2,1H3,(H,19,20). The number of nitrogens with zero attached hydrogens (tertiary/aromatic N) is 3. The van der Waals surface area contributed by atoms with Crippen LogP contribution in [0.4, 0.5) is 5.82 Å². The molecular weight excluding hydrogens is 304 g/mol. The number of aromatic nitrogens is 3. The minimum atomic E-state index is 0.476. The first-order chi connectivity index (χ1) is 11.9. The zero-order valence-electron chi connectivity index (χ0n) is 13.9. The molecule has 24 heavy (non-hydrogen) atoms. The van der Waals surface area contributed by atoms with Crippen LogP contribution in [-0.2, 0) is 4.74 Å². The van der Waals surface area contributed by atoms with Crippen LogP contribution in [0.25, 0.3) is 22.6 Å². The Bertz CT molecular complexity index is 804. The predicted molar refractivity (Wildman–Crippen MR) is 93.1 cm³/mol. The monoisotopic (exact) mass is 326 g/mol. The minimum absolute atomic E-state index is 0.476. The number of anilines is 1. The van der Waals surface area contributed by atoms with Gasteiger partial charge in [0.2, 0.25) is 0 Å². The summed E-state index contributed by atoms with van der Waals surface area (Å²) >= 11 is 0. The highest BCUT2D eigenvalue weighted by molar-refractivity contribution is 5.89. The van der Waals surface area contributed by atoms with E-state index in [0.717, 1.165) is 28.4 Å². The van der Waals surface area contributed by atoms with E-state index in [0.29, 0.717) is 19.2 Å². The van der Waals surface area contributed by atoms with Gasteiger partial charge in [0, 0.05) is 25.9 Å². The molecule has 1 fully saturated rings. The Morgan fingerprint density at radius 1 is 1.33 bits per heavy atom. The molecule has 6 nitrogen and oxygen atoms in total. The second-order valence-corrected chi connectivity index (χ2v) is 6.17. The number of hydrogen-bond donors (Lipinski definition) is 1. The molecule has 3 aromatic rings. The van der Waals surface area contributed by atoms with Crippen molar-refractivity contribution in [2.24, 2.45) is 0 Å². The number of methoxy groups -OCH3 is 1. The number of ether oxygens (including phenoxy) is 1. The molecule has 1 aliphatic rings. The van der Waals surface area contributed by atoms with Crippen LogP contribution in [0.15, 0.2) is 35.1 Å². The molecular formula is C18H22N4O2. The maximum Gasteiger partial charge on any atom is 0.177 e. The maximum atomic E-state index is 5.64. The zero-order chi connectivity index (χ0) is 16.4. The molecule has 6 heteroatoms. The second kappa shape index (κ2) is 6.65. The number of imidazole rings is 1. The van der Waals surface area contributed by atoms with Crippen LogP contribution in [0, 0.1) is 0 Å². The van der Waals surface area contributed by atoms with Gasteiger partial charge >= 0.3 is 0 Å². The molecule has 0 atom stereocenters. The van der Waals surface area contributed by atoms with Crippen LogP contribution in [0.1, 0.15) is 31.7 Å². The normalized spacial score (nSPS) is 15.4. The van der Waals surface area contributed by atoms with Gasteiger partial charge in [-0.25, -0.2) is 9.97 Å². The summed E-state index contributed by atoms with van der Waals surface area (Å²) in [6.07, 6.45) is 8.46. The van der Waals surface area contributed by atoms with E-state index in [1.165, 1.54) is 25.7 Å². The van der Waals surface area contributed by atoms with Crippen molar-refractivity contribution in [2.75, 3.05) is 25.6 Å². The van der Waals surface area contributed by atoms with Gasteiger partial charge in [-0.1, -0.05) is 12.8 Å². The predicted octanol–water partition coefficient (Wildman–Crippen LogP) is 3.86. The number of pyridine rings is 1. The van der Waals surface area contributed by atoms with Crippen LogP contribution >= 0.6 is 0 Å². The van der Waals surface area contributed by atoms with Crippen molar-refractivity contribution >= 4 is 16.9 Å². The van der Waals surface area contributed by atoms with Crippen molar-refractivity contribution in [1.82, 2.24) is 14.5 Å². The fraction of sp³-hybridized carbons (Fsp3) is 0.444. The Morgan fingerprint density at radius 3 is 2.96 bits per heavy atom. The molecule has 3 aromatic heterocycles. The van der Waals surface area contributed by atoms with Crippen molar-refractivity contribution in [2.45, 2.75) is 31.7 Å². The molecule has 0 bridgehead atoms. The summed E-state index contributed by atoms with van der Waals surface area (Å²) in [7, 11) is 1.69. The van der Waals surface area contributed by atoms with Gasteiger partial charge in [-0.05, 0) is 31.0 Å². The summed E-state index contributed by atoms with van der Waals surface area (Å²) in [5.74, 6) is 2.50. The fourth-order valence-electron chi connectivity index (χ4n) is 3.53. The quantitative estimate of drug-likeness (QED) is 0.697. The molecule has 1 N–H and O–H groups in total. The van der Waals surface area contributed by atoms with Gasteiger partial charge in [-0.3, -0.25) is 0 Å². The number of rotatable bonds is 6. The average Bonchev–Trinajstić information content (AvgIpc) is 3.34. The van der Waals surface area contributed by atoms with Crippen molar-refractivity contribution in [1.29, 1.82) is 0 Å². The molecule has 0 radical (unpaired) electrons. The SMILES string of the molecule is COCCNc1nccc2c1nc(-c1ccco1)n2C1CCCC1. The van der Waals surface area contributed by atoms with Crippen LogP contribution in [0.5, 0.6) is 0 Å². The first kappa shape index (κ1) is 15.2. The first-order valence-electron chi connectivity index (χ1n) is 8.52. The highest BCUT2D eigenvalue weighted by Crippen LogP contribution is 2.38. The summed E-state index contributed by atoms with van der Waals surface area (Å²) in [6, 6.07) is 6.40. The van der Waals surface area contributed by atoms with Crippen molar-refractivity contribution < 1.29 is 9.15 Å². The van der Waals surface area contributed by atoms with Crippen molar-refractivity contribution in [3.8, 4) is 11.6 Å². The number of nitrogens with one attached hydrogen (secondary N) is 1. The lowest BCUT2D eigenvalue weighted by Crippen LogP contribution is -2.09. The topological polar surface area (TPSA) is 65.1 Å². The molecule has 0 aliphatic heterocycles. The Labute approximate surface area is 140 Å². The van der Waals surface area contributed by atoms with Gasteiger partial charge in [0.25, 0.3) is 0 Å². The van der Waals surface area contributed by atoms with Crippen LogP contribution in [0.3, 0.4) is 0 Å². The third-order valence-electron chi connectivity index (χ3n) is 4.64. The molecule has 4 rings (SSSR count). The molecule has 1 saturated carbocycles. The molecule has 1 aliphatic carbocycles. The summed E-state index contributed by atoms with van der Waals surface area (Å²) < 4.78 is 13.1. The Morgan fingerprint density at radius 2 is 2.21 bits per heavy atom. The number of hydrogen-bond acceptors (Lipinski definition) is 5. The van der Waals surface area contributed by atoms with Crippen LogP contribution in [-0.4, -0.2) is 34.8 Å². The van der Waals surface area contributed by atoms with Crippen LogP contribution in [0.2, 0.25) is 0 Å². The summed E-state index contributed by atoms with van der Waals surface area (Å²) in [6.45, 7) is 1.33. The van der Waals surface area contributed by atoms with E-state index in [1.54, 1.807) is 13.4 Å². The van der Waals surface area contributed by atoms with Crippen LogP contribution < -0.4 is 5.32 Å². The number of furan rings is 1. The molecule has 0 aromatic carbocycles. The Hall–Kier alpha value is -2.34. The van der Waals surface area contributed by atoms with Gasteiger partial charge in [0.1, 0.15) is 5.52 Å². The van der Waals surface area contributed by atoms with Crippen molar-refractivity contribution in [3.05, 3.63) is 30.7 Å². The molecule has 0 spiro atoms. The van der Waals surface area contributed by atoms with Gasteiger partial charge in [-0.15, -0.1) is 0 Å². The van der Waals surface area contributed by atoms with Gasteiger partial charge in [0.15, 0.2) is 17.4 Å². The molecule has 0 saturated heterocycles. The van der Waals surface area contributed by atoms with E-state index in [4.69, 9.17) is 14.1 Å². The lowest BCUT2D eigenvalue weighted by atomic mass is 10.2. The molecule has 126 valence electrons. The van der Waals surface area contributed by atoms with Gasteiger partial charge in [-0.2, -0.15) is 0 Å². The first-order valence-corrected chi connectivity index (χ1v) is 8.52. The lowest BCUT2D eigenvalue weighted by molar-refractivity contribution is 0.210. The maximum absolute atomic E-state index is 5.64. The summed E-state index contributed by atoms with van der Waals surface area (Å²) in [5, 5.41) is 3.32. The minimum Gasteiger partial charge on any atom is -0.461 e. The Kier molecular flexibility index (Phi) is 4.21. The van der Waals surface area contributed by atoms with E-state index in [2.05, 4.69) is 20.9 Å². The lowest BCUT2D eigenvalue weighted by Gasteiger charge is -2.15. The summed E-state index contributed by atoms with van der Waals surface area (Å²) in [4.78, 5) is 9.35. The highest BCUT2D eigenvalue weighted by Gasteiger charge is 2.25. The van der Waals surface area contributed by atoms with Crippen molar-refractivity contribution in [3.63, 3.8) is 0 Å². The third-order valence-corrected chi connectivity index (χ3v) is 4.64. The number of fused-ring (bicyclic) bond motifs is 1. The Balaban J connectivity index is 1.83. The average molecular weight is 326 g/mol. The largest absolute Gasteiger partial charge is 0.461 e. The molecule has 0 amide bonds. The third kappa shape index (κ3) is 2.67. The van der Waals surface area contributed by atoms with Gasteiger partial charge in [0.05, 0.1) is 18.4 Å². The summed E-state index contributed by atoms with van der Waals surface area (Å²) in [5.41, 5.74) is 2.01. The van der Waals surface area contributed by atoms with Gasteiger partial charge < -0.3 is 19.0 Å². The van der Waals surface area contributed by atoms with E-state index in [1.807, 2.05) is 18.3 Å². The molecule has 0 unspecified atom stereocenters. The highest BCUT2D eigenvalue weighted by atomic mass is 16.5. The zero-order valence-corrected chi connectivity index (χ0v) is 13.9. The van der Waals surface area contributed by atoms with E-state index in [-0.39, 0.29) is 0 Å². The van der Waals surface area contributed by atoms with E-state index < -0.39 is 0 Å². The van der Waals surface area contributed by atoms with E-state index in [9.17, 15) is 0 Å². The fourth-order valence-corrected chi connectivity index (χ4v) is 3.53. The molecule has 3 heterocycles. The van der Waals surface area contributed by atoms with E-state index >= 15 is 0 Å². The second-order valence-electron chi connectivity index (χ2n) is 6.17.